The standard InChI is InChI=1S/C8H12N2O2/c1-5(11)8(9)6-2-3-10-4-7(6)12/h2-5,8,11-12H,9H2,1H3. The zero-order valence-electron chi connectivity index (χ0n) is 6.81. The fraction of sp³-hybridized carbons (Fsp3) is 0.375. The highest BCUT2D eigenvalue weighted by atomic mass is 16.3. The van der Waals surface area contributed by atoms with Crippen LogP contribution >= 0.6 is 0 Å². The highest BCUT2D eigenvalue weighted by molar-refractivity contribution is 5.31. The monoisotopic (exact) mass is 168 g/mol. The van der Waals surface area contributed by atoms with E-state index in [0.717, 1.165) is 0 Å². The topological polar surface area (TPSA) is 79.4 Å². The molecule has 12 heavy (non-hydrogen) atoms. The molecule has 4 heteroatoms. The molecule has 0 amide bonds. The minimum absolute atomic E-state index is 0.0194. The maximum atomic E-state index is 9.28. The minimum atomic E-state index is -0.682. The van der Waals surface area contributed by atoms with Crippen molar-refractivity contribution in [2.24, 2.45) is 5.73 Å². The Bertz CT molecular complexity index is 263. The predicted molar refractivity (Wildman–Crippen MR) is 44.5 cm³/mol. The number of nitrogens with two attached hydrogens (primary N) is 1. The van der Waals surface area contributed by atoms with Crippen molar-refractivity contribution in [2.75, 3.05) is 0 Å². The molecule has 0 saturated carbocycles. The lowest BCUT2D eigenvalue weighted by atomic mass is 10.0. The quantitative estimate of drug-likeness (QED) is 0.588. The molecule has 4 nitrogen and oxygen atoms in total. The number of rotatable bonds is 2. The van der Waals surface area contributed by atoms with Gasteiger partial charge in [0.05, 0.1) is 18.3 Å². The Kier molecular flexibility index (Phi) is 2.62. The van der Waals surface area contributed by atoms with Crippen molar-refractivity contribution < 1.29 is 10.2 Å². The zero-order valence-corrected chi connectivity index (χ0v) is 6.81. The number of aromatic hydroxyl groups is 1. The summed E-state index contributed by atoms with van der Waals surface area (Å²) in [5, 5.41) is 18.4. The summed E-state index contributed by atoms with van der Waals surface area (Å²) in [6.07, 6.45) is 2.15. The van der Waals surface area contributed by atoms with Gasteiger partial charge in [-0.05, 0) is 13.0 Å². The molecule has 2 atom stereocenters. The second-order valence-corrected chi connectivity index (χ2v) is 2.70. The zero-order chi connectivity index (χ0) is 9.14. The third-order valence-corrected chi connectivity index (χ3v) is 1.71. The molecule has 0 spiro atoms. The van der Waals surface area contributed by atoms with Crippen molar-refractivity contribution in [3.8, 4) is 5.75 Å². The Morgan fingerprint density at radius 1 is 1.58 bits per heavy atom. The van der Waals surface area contributed by atoms with Gasteiger partial charge in [-0.1, -0.05) is 0 Å². The fourth-order valence-corrected chi connectivity index (χ4v) is 0.939. The number of hydrogen-bond acceptors (Lipinski definition) is 4. The van der Waals surface area contributed by atoms with Crippen molar-refractivity contribution in [3.05, 3.63) is 24.0 Å². The molecule has 1 heterocycles. The van der Waals surface area contributed by atoms with Crippen LogP contribution in [0.4, 0.5) is 0 Å². The van der Waals surface area contributed by atoms with Gasteiger partial charge in [-0.3, -0.25) is 4.98 Å². The van der Waals surface area contributed by atoms with Crippen molar-refractivity contribution in [1.29, 1.82) is 0 Å². The van der Waals surface area contributed by atoms with Gasteiger partial charge in [-0.2, -0.15) is 0 Å². The van der Waals surface area contributed by atoms with Gasteiger partial charge in [0.1, 0.15) is 5.75 Å². The van der Waals surface area contributed by atoms with E-state index in [1.54, 1.807) is 13.0 Å². The predicted octanol–water partition coefficient (Wildman–Crippen LogP) is 0.168. The fourth-order valence-electron chi connectivity index (χ4n) is 0.939. The van der Waals surface area contributed by atoms with Crippen LogP contribution in [0.1, 0.15) is 18.5 Å². The van der Waals surface area contributed by atoms with Crippen LogP contribution in [0.15, 0.2) is 18.5 Å². The van der Waals surface area contributed by atoms with Crippen molar-refractivity contribution in [1.82, 2.24) is 4.98 Å². The number of aliphatic hydroxyl groups is 1. The van der Waals surface area contributed by atoms with Gasteiger partial charge in [0, 0.05) is 11.8 Å². The van der Waals surface area contributed by atoms with Gasteiger partial charge in [0.15, 0.2) is 0 Å². The average molecular weight is 168 g/mol. The van der Waals surface area contributed by atoms with Gasteiger partial charge in [-0.25, -0.2) is 0 Å². The third kappa shape index (κ3) is 1.72. The summed E-state index contributed by atoms with van der Waals surface area (Å²) in [7, 11) is 0. The van der Waals surface area contributed by atoms with Gasteiger partial charge in [0.2, 0.25) is 0 Å². The van der Waals surface area contributed by atoms with Crippen LogP contribution in [0, 0.1) is 0 Å². The summed E-state index contributed by atoms with van der Waals surface area (Å²) < 4.78 is 0. The lowest BCUT2D eigenvalue weighted by molar-refractivity contribution is 0.163. The largest absolute Gasteiger partial charge is 0.506 e. The Morgan fingerprint density at radius 2 is 2.25 bits per heavy atom. The first kappa shape index (κ1) is 8.96. The van der Waals surface area contributed by atoms with Crippen LogP contribution in [-0.2, 0) is 0 Å². The first-order valence-corrected chi connectivity index (χ1v) is 3.69. The summed E-state index contributed by atoms with van der Waals surface area (Å²) in [5.41, 5.74) is 6.11. The first-order chi connectivity index (χ1) is 5.63. The summed E-state index contributed by atoms with van der Waals surface area (Å²) in [6.45, 7) is 1.57. The molecule has 1 aromatic heterocycles. The van der Waals surface area contributed by atoms with Crippen LogP contribution in [-0.4, -0.2) is 21.3 Å². The summed E-state index contributed by atoms with van der Waals surface area (Å²) >= 11 is 0. The van der Waals surface area contributed by atoms with Crippen molar-refractivity contribution in [2.45, 2.75) is 19.1 Å². The van der Waals surface area contributed by atoms with E-state index in [2.05, 4.69) is 4.98 Å². The normalized spacial score (nSPS) is 15.6. The molecule has 0 aliphatic rings. The maximum Gasteiger partial charge on any atom is 0.138 e. The second kappa shape index (κ2) is 3.51. The maximum absolute atomic E-state index is 9.28. The van der Waals surface area contributed by atoms with E-state index in [4.69, 9.17) is 10.8 Å². The molecule has 0 aromatic carbocycles. The number of nitrogens with zero attached hydrogens (tertiary/aromatic N) is 1. The molecule has 0 radical (unpaired) electrons. The molecule has 0 fully saturated rings. The number of aliphatic hydroxyl groups excluding tert-OH is 1. The van der Waals surface area contributed by atoms with Crippen LogP contribution < -0.4 is 5.73 Å². The molecular formula is C8H12N2O2. The Morgan fingerprint density at radius 3 is 2.75 bits per heavy atom. The van der Waals surface area contributed by atoms with Crippen LogP contribution in [0.3, 0.4) is 0 Å². The lowest BCUT2D eigenvalue weighted by Crippen LogP contribution is -2.23. The molecule has 1 aromatic rings. The Labute approximate surface area is 70.7 Å². The second-order valence-electron chi connectivity index (χ2n) is 2.70. The molecule has 0 saturated heterocycles. The van der Waals surface area contributed by atoms with Crippen molar-refractivity contribution in [3.63, 3.8) is 0 Å². The van der Waals surface area contributed by atoms with Crippen LogP contribution in [0.5, 0.6) is 5.75 Å². The average Bonchev–Trinajstić information content (AvgIpc) is 2.04. The van der Waals surface area contributed by atoms with E-state index in [9.17, 15) is 5.11 Å². The summed E-state index contributed by atoms with van der Waals surface area (Å²) in [5.74, 6) is 0.0194. The highest BCUT2D eigenvalue weighted by Gasteiger charge is 2.14. The number of aromatic nitrogens is 1. The van der Waals surface area contributed by atoms with Crippen LogP contribution in [0.25, 0.3) is 0 Å². The SMILES string of the molecule is CC(O)C(N)c1ccncc1O. The van der Waals surface area contributed by atoms with E-state index in [0.29, 0.717) is 5.56 Å². The highest BCUT2D eigenvalue weighted by Crippen LogP contribution is 2.22. The molecule has 4 N–H and O–H groups in total. The Hall–Kier alpha value is -1.13. The molecule has 0 bridgehead atoms. The molecule has 0 aliphatic heterocycles. The molecule has 2 unspecified atom stereocenters. The molecule has 0 aliphatic carbocycles. The number of pyridine rings is 1. The molecule has 66 valence electrons. The van der Waals surface area contributed by atoms with Crippen molar-refractivity contribution >= 4 is 0 Å². The van der Waals surface area contributed by atoms with Gasteiger partial charge < -0.3 is 15.9 Å². The van der Waals surface area contributed by atoms with E-state index < -0.39 is 12.1 Å². The minimum Gasteiger partial charge on any atom is -0.506 e. The number of hydrogen-bond donors (Lipinski definition) is 3. The van der Waals surface area contributed by atoms with Gasteiger partial charge in [-0.15, -0.1) is 0 Å². The van der Waals surface area contributed by atoms with E-state index in [1.807, 2.05) is 0 Å². The van der Waals surface area contributed by atoms with Gasteiger partial charge in [0.25, 0.3) is 0 Å². The van der Waals surface area contributed by atoms with Crippen LogP contribution in [0.2, 0.25) is 0 Å². The van der Waals surface area contributed by atoms with E-state index in [1.165, 1.54) is 12.4 Å². The third-order valence-electron chi connectivity index (χ3n) is 1.71. The summed E-state index contributed by atoms with van der Waals surface area (Å²) in [6, 6.07) is 1.03. The van der Waals surface area contributed by atoms with E-state index >= 15 is 0 Å². The van der Waals surface area contributed by atoms with E-state index in [-0.39, 0.29) is 5.75 Å². The van der Waals surface area contributed by atoms with Gasteiger partial charge >= 0.3 is 0 Å². The lowest BCUT2D eigenvalue weighted by Gasteiger charge is -2.15. The summed E-state index contributed by atoms with van der Waals surface area (Å²) in [4.78, 5) is 3.70. The Balaban J connectivity index is 2.94. The first-order valence-electron chi connectivity index (χ1n) is 3.69. The smallest absolute Gasteiger partial charge is 0.138 e. The molecular weight excluding hydrogens is 156 g/mol. The molecule has 1 rings (SSSR count).